The lowest BCUT2D eigenvalue weighted by Gasteiger charge is -2.30. The van der Waals surface area contributed by atoms with E-state index in [0.717, 1.165) is 12.0 Å². The normalized spacial score (nSPS) is 31.7. The van der Waals surface area contributed by atoms with Crippen LogP contribution < -0.4 is 5.32 Å². The van der Waals surface area contributed by atoms with Crippen LogP contribution in [0.1, 0.15) is 42.0 Å². The topological polar surface area (TPSA) is 12.0 Å². The van der Waals surface area contributed by atoms with E-state index in [-0.39, 0.29) is 0 Å². The lowest BCUT2D eigenvalue weighted by molar-refractivity contribution is 0.337. The molecule has 1 saturated carbocycles. The first-order valence-corrected chi connectivity index (χ1v) is 6.63. The first-order valence-electron chi connectivity index (χ1n) is 5.75. The van der Waals surface area contributed by atoms with Gasteiger partial charge in [0, 0.05) is 23.4 Å². The Morgan fingerprint density at radius 1 is 1.29 bits per heavy atom. The van der Waals surface area contributed by atoms with Gasteiger partial charge in [-0.05, 0) is 36.3 Å². The lowest BCUT2D eigenvalue weighted by atomic mass is 9.81. The van der Waals surface area contributed by atoms with Crippen LogP contribution in [0.2, 0.25) is 0 Å². The molecule has 2 unspecified atom stereocenters. The number of nitrogens with one attached hydrogen (secondary N) is 1. The molecular weight excluding hydrogens is 190 g/mol. The predicted octanol–water partition coefficient (Wildman–Crippen LogP) is 2.92. The minimum Gasteiger partial charge on any atom is -0.313 e. The predicted molar refractivity (Wildman–Crippen MR) is 61.0 cm³/mol. The van der Waals surface area contributed by atoms with Gasteiger partial charge in [0.25, 0.3) is 0 Å². The average Bonchev–Trinajstić information content (AvgIpc) is 2.61. The van der Waals surface area contributed by atoms with Gasteiger partial charge < -0.3 is 5.32 Å². The molecule has 0 amide bonds. The van der Waals surface area contributed by atoms with E-state index in [1.54, 1.807) is 10.4 Å². The second-order valence-electron chi connectivity index (χ2n) is 4.50. The fourth-order valence-corrected chi connectivity index (χ4v) is 3.96. The van der Waals surface area contributed by atoms with Crippen LogP contribution in [0.25, 0.3) is 0 Å². The Balaban J connectivity index is 1.96. The summed E-state index contributed by atoms with van der Waals surface area (Å²) in [6.07, 6.45) is 6.90. The van der Waals surface area contributed by atoms with E-state index in [2.05, 4.69) is 16.8 Å². The van der Waals surface area contributed by atoms with Gasteiger partial charge in [-0.2, -0.15) is 0 Å². The minimum absolute atomic E-state index is 0.777. The van der Waals surface area contributed by atoms with Crippen molar-refractivity contribution < 1.29 is 0 Å². The number of hydrogen-bond acceptors (Lipinski definition) is 2. The van der Waals surface area contributed by atoms with Crippen LogP contribution >= 0.6 is 11.3 Å². The molecule has 1 aliphatic heterocycles. The van der Waals surface area contributed by atoms with Crippen LogP contribution in [0.15, 0.2) is 11.4 Å². The zero-order valence-electron chi connectivity index (χ0n) is 8.46. The average molecular weight is 207 g/mol. The summed E-state index contributed by atoms with van der Waals surface area (Å²) in [5, 5.41) is 6.00. The van der Waals surface area contributed by atoms with Crippen molar-refractivity contribution in [2.24, 2.45) is 0 Å². The van der Waals surface area contributed by atoms with E-state index in [1.165, 1.54) is 38.6 Å². The number of hydrogen-bond donors (Lipinski definition) is 1. The summed E-state index contributed by atoms with van der Waals surface area (Å²) < 4.78 is 0. The monoisotopic (exact) mass is 207 g/mol. The van der Waals surface area contributed by atoms with Crippen LogP contribution in [0.5, 0.6) is 0 Å². The summed E-state index contributed by atoms with van der Waals surface area (Å²) >= 11 is 1.95. The van der Waals surface area contributed by atoms with Crippen molar-refractivity contribution in [2.75, 3.05) is 6.54 Å². The molecular formula is C12H17NS. The smallest absolute Gasteiger partial charge is 0.0136 e. The largest absolute Gasteiger partial charge is 0.313 e. The summed E-state index contributed by atoms with van der Waals surface area (Å²) in [6.45, 7) is 1.19. The molecule has 76 valence electrons. The van der Waals surface area contributed by atoms with E-state index in [1.807, 2.05) is 11.3 Å². The van der Waals surface area contributed by atoms with Crippen molar-refractivity contribution in [3.63, 3.8) is 0 Å². The van der Waals surface area contributed by atoms with E-state index < -0.39 is 0 Å². The maximum Gasteiger partial charge on any atom is 0.0136 e. The molecule has 1 nitrogen and oxygen atoms in total. The molecule has 2 atom stereocenters. The van der Waals surface area contributed by atoms with Gasteiger partial charge in [0.2, 0.25) is 0 Å². The third kappa shape index (κ3) is 1.41. The van der Waals surface area contributed by atoms with Crippen LogP contribution in [-0.2, 0) is 6.42 Å². The van der Waals surface area contributed by atoms with Gasteiger partial charge in [-0.1, -0.05) is 12.8 Å². The molecule has 14 heavy (non-hydrogen) atoms. The minimum atomic E-state index is 0.777. The molecule has 0 bridgehead atoms. The fourth-order valence-electron chi connectivity index (χ4n) is 3.00. The SMILES string of the molecule is c1cc2c(s1)CCNC1CCCCC21. The van der Waals surface area contributed by atoms with Crippen molar-refractivity contribution in [1.82, 2.24) is 5.32 Å². The molecule has 0 radical (unpaired) electrons. The Morgan fingerprint density at radius 2 is 2.21 bits per heavy atom. The van der Waals surface area contributed by atoms with E-state index in [9.17, 15) is 0 Å². The Kier molecular flexibility index (Phi) is 2.34. The summed E-state index contributed by atoms with van der Waals surface area (Å²) in [5.74, 6) is 0.826. The molecule has 2 aliphatic rings. The van der Waals surface area contributed by atoms with Gasteiger partial charge in [0.1, 0.15) is 0 Å². The number of fused-ring (bicyclic) bond motifs is 3. The highest BCUT2D eigenvalue weighted by Gasteiger charge is 2.29. The van der Waals surface area contributed by atoms with Crippen molar-refractivity contribution >= 4 is 11.3 Å². The molecule has 0 aromatic carbocycles. The van der Waals surface area contributed by atoms with Gasteiger partial charge in [0.05, 0.1) is 0 Å². The quantitative estimate of drug-likeness (QED) is 0.689. The van der Waals surface area contributed by atoms with Crippen LogP contribution in [0.4, 0.5) is 0 Å². The Labute approximate surface area is 89.5 Å². The Morgan fingerprint density at radius 3 is 3.21 bits per heavy atom. The Hall–Kier alpha value is -0.340. The van der Waals surface area contributed by atoms with Crippen LogP contribution in [-0.4, -0.2) is 12.6 Å². The summed E-state index contributed by atoms with van der Waals surface area (Å²) in [7, 11) is 0. The molecule has 1 aromatic heterocycles. The van der Waals surface area contributed by atoms with Gasteiger partial charge in [0.15, 0.2) is 0 Å². The summed E-state index contributed by atoms with van der Waals surface area (Å²) in [4.78, 5) is 1.65. The highest BCUT2D eigenvalue weighted by atomic mass is 32.1. The molecule has 1 aromatic rings. The van der Waals surface area contributed by atoms with Gasteiger partial charge in [-0.3, -0.25) is 0 Å². The van der Waals surface area contributed by atoms with Crippen LogP contribution in [0.3, 0.4) is 0 Å². The molecule has 1 N–H and O–H groups in total. The standard InChI is InChI=1S/C12H17NS/c1-2-4-11-9(3-1)10-6-8-14-12(10)5-7-13-11/h6,8-9,11,13H,1-5,7H2. The van der Waals surface area contributed by atoms with E-state index in [4.69, 9.17) is 0 Å². The second-order valence-corrected chi connectivity index (χ2v) is 5.50. The zero-order valence-corrected chi connectivity index (χ0v) is 9.28. The number of thiophene rings is 1. The zero-order chi connectivity index (χ0) is 9.38. The molecule has 1 fully saturated rings. The molecule has 3 rings (SSSR count). The lowest BCUT2D eigenvalue weighted by Crippen LogP contribution is -2.36. The molecule has 0 saturated heterocycles. The maximum atomic E-state index is 3.72. The van der Waals surface area contributed by atoms with Crippen molar-refractivity contribution in [3.05, 3.63) is 21.9 Å². The summed E-state index contributed by atoms with van der Waals surface area (Å²) in [5.41, 5.74) is 1.67. The molecule has 2 heteroatoms. The van der Waals surface area contributed by atoms with E-state index >= 15 is 0 Å². The van der Waals surface area contributed by atoms with Gasteiger partial charge >= 0.3 is 0 Å². The third-order valence-electron chi connectivity index (χ3n) is 3.70. The third-order valence-corrected chi connectivity index (χ3v) is 4.70. The van der Waals surface area contributed by atoms with Crippen molar-refractivity contribution in [2.45, 2.75) is 44.1 Å². The number of rotatable bonds is 0. The maximum absolute atomic E-state index is 3.72. The van der Waals surface area contributed by atoms with Crippen molar-refractivity contribution in [1.29, 1.82) is 0 Å². The van der Waals surface area contributed by atoms with E-state index in [0.29, 0.717) is 0 Å². The van der Waals surface area contributed by atoms with Gasteiger partial charge in [-0.25, -0.2) is 0 Å². The second kappa shape index (κ2) is 3.67. The highest BCUT2D eigenvalue weighted by Crippen LogP contribution is 2.38. The molecule has 0 spiro atoms. The molecule has 1 aliphatic carbocycles. The van der Waals surface area contributed by atoms with Crippen molar-refractivity contribution in [3.8, 4) is 0 Å². The highest BCUT2D eigenvalue weighted by molar-refractivity contribution is 7.10. The van der Waals surface area contributed by atoms with Gasteiger partial charge in [-0.15, -0.1) is 11.3 Å². The Bertz CT molecular complexity index is 318. The summed E-state index contributed by atoms with van der Waals surface area (Å²) in [6, 6.07) is 3.15. The first kappa shape index (κ1) is 8.93. The fraction of sp³-hybridized carbons (Fsp3) is 0.667. The molecule has 2 heterocycles. The first-order chi connectivity index (χ1) is 6.95. The van der Waals surface area contributed by atoms with Crippen LogP contribution in [0, 0.1) is 0 Å².